The van der Waals surface area contributed by atoms with Crippen molar-refractivity contribution in [2.75, 3.05) is 24.7 Å². The monoisotopic (exact) mass is 226 g/mol. The molecule has 0 fully saturated rings. The summed E-state index contributed by atoms with van der Waals surface area (Å²) in [6, 6.07) is 3.78. The number of carbonyl (C=O) groups is 1. The molecule has 1 aromatic rings. The fraction of sp³-hybridized carbons (Fsp3) is 0.400. The highest BCUT2D eigenvalue weighted by Crippen LogP contribution is 2.19. The van der Waals surface area contributed by atoms with Crippen molar-refractivity contribution in [2.24, 2.45) is 0 Å². The van der Waals surface area contributed by atoms with Crippen LogP contribution in [0.15, 0.2) is 23.2 Å². The highest BCUT2D eigenvalue weighted by Gasteiger charge is 2.02. The number of ether oxygens (including phenoxy) is 1. The number of anilines is 1. The number of hydrogen-bond acceptors (Lipinski definition) is 5. The topological polar surface area (TPSA) is 51.2 Å². The molecule has 1 N–H and O–H groups in total. The third-order valence-electron chi connectivity index (χ3n) is 1.67. The predicted octanol–water partition coefficient (Wildman–Crippen LogP) is 1.78. The normalized spacial score (nSPS) is 9.73. The summed E-state index contributed by atoms with van der Waals surface area (Å²) < 4.78 is 4.56. The smallest absolute Gasteiger partial charge is 0.315 e. The van der Waals surface area contributed by atoms with Crippen molar-refractivity contribution < 1.29 is 9.53 Å². The molecule has 0 saturated carbocycles. The molecule has 0 spiro atoms. The van der Waals surface area contributed by atoms with Gasteiger partial charge in [-0.3, -0.25) is 4.79 Å². The van der Waals surface area contributed by atoms with E-state index in [9.17, 15) is 4.79 Å². The average molecular weight is 226 g/mol. The molecule has 0 unspecified atom stereocenters. The molecule has 1 aromatic heterocycles. The molecule has 0 aliphatic rings. The van der Waals surface area contributed by atoms with Crippen LogP contribution in [0.4, 0.5) is 5.82 Å². The Labute approximate surface area is 93.4 Å². The molecular weight excluding hydrogens is 212 g/mol. The van der Waals surface area contributed by atoms with Gasteiger partial charge in [-0.05, 0) is 19.1 Å². The zero-order valence-electron chi connectivity index (χ0n) is 8.82. The highest BCUT2D eigenvalue weighted by atomic mass is 32.2. The van der Waals surface area contributed by atoms with E-state index in [2.05, 4.69) is 15.0 Å². The number of methoxy groups -OCH3 is 1. The van der Waals surface area contributed by atoms with Crippen LogP contribution in [0.2, 0.25) is 0 Å². The zero-order valence-corrected chi connectivity index (χ0v) is 9.63. The molecule has 0 amide bonds. The third kappa shape index (κ3) is 4.20. The Morgan fingerprint density at radius 3 is 3.13 bits per heavy atom. The molecule has 82 valence electrons. The SMILES string of the molecule is CCNc1cc(SCC(=O)OC)ccn1. The Balaban J connectivity index is 2.53. The van der Waals surface area contributed by atoms with Gasteiger partial charge in [-0.2, -0.15) is 0 Å². The van der Waals surface area contributed by atoms with Gasteiger partial charge < -0.3 is 10.1 Å². The molecule has 0 aromatic carbocycles. The van der Waals surface area contributed by atoms with Crippen molar-refractivity contribution in [1.29, 1.82) is 0 Å². The summed E-state index contributed by atoms with van der Waals surface area (Å²) in [5.41, 5.74) is 0. The number of aromatic nitrogens is 1. The summed E-state index contributed by atoms with van der Waals surface area (Å²) in [5.74, 6) is 0.931. The van der Waals surface area contributed by atoms with Crippen molar-refractivity contribution in [2.45, 2.75) is 11.8 Å². The summed E-state index contributed by atoms with van der Waals surface area (Å²) in [5, 5.41) is 3.11. The first-order valence-electron chi connectivity index (χ1n) is 4.65. The minimum Gasteiger partial charge on any atom is -0.468 e. The maximum Gasteiger partial charge on any atom is 0.315 e. The second kappa shape index (κ2) is 6.29. The predicted molar refractivity (Wildman–Crippen MR) is 61.1 cm³/mol. The fourth-order valence-electron chi connectivity index (χ4n) is 0.980. The molecule has 5 heteroatoms. The van der Waals surface area contributed by atoms with E-state index >= 15 is 0 Å². The third-order valence-corrected chi connectivity index (χ3v) is 2.64. The van der Waals surface area contributed by atoms with Crippen molar-refractivity contribution >= 4 is 23.5 Å². The van der Waals surface area contributed by atoms with Crippen LogP contribution in [-0.4, -0.2) is 30.4 Å². The van der Waals surface area contributed by atoms with Crippen molar-refractivity contribution in [3.8, 4) is 0 Å². The lowest BCUT2D eigenvalue weighted by atomic mass is 10.4. The zero-order chi connectivity index (χ0) is 11.1. The number of hydrogen-bond donors (Lipinski definition) is 1. The standard InChI is InChI=1S/C10H14N2O2S/c1-3-11-9-6-8(4-5-12-9)15-7-10(13)14-2/h4-6H,3,7H2,1-2H3,(H,11,12). The molecule has 0 bridgehead atoms. The first-order chi connectivity index (χ1) is 7.26. The van der Waals surface area contributed by atoms with Gasteiger partial charge in [-0.25, -0.2) is 4.98 Å². The van der Waals surface area contributed by atoms with E-state index < -0.39 is 0 Å². The van der Waals surface area contributed by atoms with E-state index in [0.717, 1.165) is 17.3 Å². The summed E-state index contributed by atoms with van der Waals surface area (Å²) in [6.45, 7) is 2.84. The van der Waals surface area contributed by atoms with Crippen LogP contribution in [-0.2, 0) is 9.53 Å². The quantitative estimate of drug-likeness (QED) is 0.612. The number of nitrogens with one attached hydrogen (secondary N) is 1. The van der Waals surface area contributed by atoms with Crippen LogP contribution < -0.4 is 5.32 Å². The van der Waals surface area contributed by atoms with Gasteiger partial charge in [-0.15, -0.1) is 11.8 Å². The fourth-order valence-corrected chi connectivity index (χ4v) is 1.73. The molecule has 15 heavy (non-hydrogen) atoms. The van der Waals surface area contributed by atoms with Crippen molar-refractivity contribution in [3.63, 3.8) is 0 Å². The Hall–Kier alpha value is -1.23. The molecule has 0 saturated heterocycles. The number of esters is 1. The lowest BCUT2D eigenvalue weighted by Gasteiger charge is -2.04. The molecule has 1 rings (SSSR count). The van der Waals surface area contributed by atoms with Gasteiger partial charge in [0.2, 0.25) is 0 Å². The van der Waals surface area contributed by atoms with E-state index in [-0.39, 0.29) is 5.97 Å². The van der Waals surface area contributed by atoms with Crippen LogP contribution >= 0.6 is 11.8 Å². The largest absolute Gasteiger partial charge is 0.468 e. The summed E-state index contributed by atoms with van der Waals surface area (Å²) in [6.07, 6.45) is 1.72. The summed E-state index contributed by atoms with van der Waals surface area (Å²) in [4.78, 5) is 16.1. The lowest BCUT2D eigenvalue weighted by molar-refractivity contribution is -0.137. The first kappa shape index (κ1) is 11.8. The number of pyridine rings is 1. The van der Waals surface area contributed by atoms with Gasteiger partial charge in [0.15, 0.2) is 0 Å². The second-order valence-electron chi connectivity index (χ2n) is 2.77. The first-order valence-corrected chi connectivity index (χ1v) is 5.64. The molecule has 0 radical (unpaired) electrons. The number of rotatable bonds is 5. The maximum absolute atomic E-state index is 10.9. The molecule has 0 aliphatic carbocycles. The van der Waals surface area contributed by atoms with Crippen molar-refractivity contribution in [3.05, 3.63) is 18.3 Å². The van der Waals surface area contributed by atoms with Gasteiger partial charge >= 0.3 is 5.97 Å². The van der Waals surface area contributed by atoms with E-state index in [1.165, 1.54) is 18.9 Å². The number of carbonyl (C=O) groups excluding carboxylic acids is 1. The molecule has 1 heterocycles. The van der Waals surface area contributed by atoms with E-state index in [1.807, 2.05) is 19.1 Å². The van der Waals surface area contributed by atoms with Crippen LogP contribution in [0, 0.1) is 0 Å². The number of thioether (sulfide) groups is 1. The molecule has 4 nitrogen and oxygen atoms in total. The van der Waals surface area contributed by atoms with Crippen LogP contribution in [0.5, 0.6) is 0 Å². The van der Waals surface area contributed by atoms with Gasteiger partial charge in [0.05, 0.1) is 12.9 Å². The summed E-state index contributed by atoms with van der Waals surface area (Å²) in [7, 11) is 1.39. The molecule has 0 aliphatic heterocycles. The second-order valence-corrected chi connectivity index (χ2v) is 3.82. The molecular formula is C10H14N2O2S. The van der Waals surface area contributed by atoms with Crippen LogP contribution in [0.3, 0.4) is 0 Å². The molecule has 0 atom stereocenters. The van der Waals surface area contributed by atoms with E-state index in [1.54, 1.807) is 6.20 Å². The van der Waals surface area contributed by atoms with Gasteiger partial charge in [0.25, 0.3) is 0 Å². The average Bonchev–Trinajstić information content (AvgIpc) is 2.27. The van der Waals surface area contributed by atoms with Crippen LogP contribution in [0.1, 0.15) is 6.92 Å². The Bertz CT molecular complexity index is 331. The van der Waals surface area contributed by atoms with Gasteiger partial charge in [0.1, 0.15) is 5.82 Å². The minimum atomic E-state index is -0.221. The highest BCUT2D eigenvalue weighted by molar-refractivity contribution is 8.00. The van der Waals surface area contributed by atoms with Gasteiger partial charge in [0, 0.05) is 17.6 Å². The minimum absolute atomic E-state index is 0.221. The Kier molecular flexibility index (Phi) is 4.97. The maximum atomic E-state index is 10.9. The summed E-state index contributed by atoms with van der Waals surface area (Å²) >= 11 is 1.44. The van der Waals surface area contributed by atoms with Crippen molar-refractivity contribution in [1.82, 2.24) is 4.98 Å². The van der Waals surface area contributed by atoms with E-state index in [0.29, 0.717) is 5.75 Å². The Morgan fingerprint density at radius 1 is 1.67 bits per heavy atom. The lowest BCUT2D eigenvalue weighted by Crippen LogP contribution is -2.03. The van der Waals surface area contributed by atoms with E-state index in [4.69, 9.17) is 0 Å². The van der Waals surface area contributed by atoms with Gasteiger partial charge in [-0.1, -0.05) is 0 Å². The van der Waals surface area contributed by atoms with Crippen LogP contribution in [0.25, 0.3) is 0 Å². The Morgan fingerprint density at radius 2 is 2.47 bits per heavy atom. The number of nitrogens with zero attached hydrogens (tertiary/aromatic N) is 1.